The van der Waals surface area contributed by atoms with Crippen molar-refractivity contribution < 1.29 is 14.3 Å². The van der Waals surface area contributed by atoms with Crippen molar-refractivity contribution in [1.82, 2.24) is 5.32 Å². The average molecular weight is 419 g/mol. The second-order valence-corrected chi connectivity index (χ2v) is 8.30. The van der Waals surface area contributed by atoms with Gasteiger partial charge < -0.3 is 20.1 Å². The zero-order chi connectivity index (χ0) is 22.1. The normalized spacial score (nSPS) is 10.9. The standard InChI is InChI=1S/C26H30N2O3/c1-26(2,3)20-10-14-22(15-11-20)30-19-7-18-27-25(29)28-21-12-16-24(17-13-21)31-23-8-5-4-6-9-23/h4-6,8-17H,7,18-19H2,1-3H3,(H2,27,28,29). The molecule has 5 nitrogen and oxygen atoms in total. The van der Waals surface area contributed by atoms with Crippen molar-refractivity contribution in [2.45, 2.75) is 32.6 Å². The van der Waals surface area contributed by atoms with E-state index in [-0.39, 0.29) is 11.4 Å². The summed E-state index contributed by atoms with van der Waals surface area (Å²) in [6, 6.07) is 24.8. The summed E-state index contributed by atoms with van der Waals surface area (Å²) in [4.78, 5) is 12.1. The van der Waals surface area contributed by atoms with Gasteiger partial charge in [-0.2, -0.15) is 0 Å². The molecule has 0 saturated carbocycles. The molecule has 162 valence electrons. The molecule has 5 heteroatoms. The van der Waals surface area contributed by atoms with Crippen molar-refractivity contribution in [2.75, 3.05) is 18.5 Å². The summed E-state index contributed by atoms with van der Waals surface area (Å²) in [5.41, 5.74) is 2.11. The molecule has 0 fully saturated rings. The summed E-state index contributed by atoms with van der Waals surface area (Å²) < 4.78 is 11.5. The van der Waals surface area contributed by atoms with Gasteiger partial charge in [0.15, 0.2) is 0 Å². The summed E-state index contributed by atoms with van der Waals surface area (Å²) in [5, 5.41) is 5.66. The highest BCUT2D eigenvalue weighted by molar-refractivity contribution is 5.89. The lowest BCUT2D eigenvalue weighted by molar-refractivity contribution is 0.250. The van der Waals surface area contributed by atoms with Crippen LogP contribution in [0.4, 0.5) is 10.5 Å². The third-order valence-corrected chi connectivity index (χ3v) is 4.69. The van der Waals surface area contributed by atoms with Crippen LogP contribution in [0.2, 0.25) is 0 Å². The van der Waals surface area contributed by atoms with E-state index in [9.17, 15) is 4.79 Å². The molecule has 3 aromatic rings. The molecule has 0 aliphatic rings. The Labute approximate surface area is 184 Å². The first-order chi connectivity index (χ1) is 14.9. The van der Waals surface area contributed by atoms with Gasteiger partial charge >= 0.3 is 6.03 Å². The van der Waals surface area contributed by atoms with Crippen LogP contribution in [-0.4, -0.2) is 19.2 Å². The maximum absolute atomic E-state index is 12.1. The van der Waals surface area contributed by atoms with Crippen molar-refractivity contribution >= 4 is 11.7 Å². The monoisotopic (exact) mass is 418 g/mol. The van der Waals surface area contributed by atoms with Crippen molar-refractivity contribution in [3.05, 3.63) is 84.4 Å². The van der Waals surface area contributed by atoms with Gasteiger partial charge in [-0.05, 0) is 65.9 Å². The van der Waals surface area contributed by atoms with E-state index < -0.39 is 0 Å². The number of carbonyl (C=O) groups excluding carboxylic acids is 1. The number of urea groups is 1. The quantitative estimate of drug-likeness (QED) is 0.418. The molecule has 0 aromatic heterocycles. The fourth-order valence-corrected chi connectivity index (χ4v) is 2.92. The van der Waals surface area contributed by atoms with Crippen molar-refractivity contribution in [2.24, 2.45) is 0 Å². The van der Waals surface area contributed by atoms with E-state index in [1.54, 1.807) is 0 Å². The molecule has 0 saturated heterocycles. The Bertz CT molecular complexity index is 947. The van der Waals surface area contributed by atoms with Gasteiger partial charge in [-0.15, -0.1) is 0 Å². The number of amides is 2. The van der Waals surface area contributed by atoms with Gasteiger partial charge in [0.1, 0.15) is 17.2 Å². The van der Waals surface area contributed by atoms with Crippen molar-refractivity contribution in [1.29, 1.82) is 0 Å². The minimum atomic E-state index is -0.244. The van der Waals surface area contributed by atoms with Gasteiger partial charge in [0.2, 0.25) is 0 Å². The Morgan fingerprint density at radius 3 is 2.06 bits per heavy atom. The maximum atomic E-state index is 12.1. The van der Waals surface area contributed by atoms with E-state index in [2.05, 4.69) is 43.5 Å². The molecule has 0 spiro atoms. The number of para-hydroxylation sites is 1. The number of rotatable bonds is 8. The largest absolute Gasteiger partial charge is 0.494 e. The van der Waals surface area contributed by atoms with Crippen LogP contribution >= 0.6 is 0 Å². The van der Waals surface area contributed by atoms with Gasteiger partial charge in [-0.25, -0.2) is 4.79 Å². The van der Waals surface area contributed by atoms with Crippen LogP contribution in [0.25, 0.3) is 0 Å². The predicted molar refractivity (Wildman–Crippen MR) is 125 cm³/mol. The number of anilines is 1. The summed E-state index contributed by atoms with van der Waals surface area (Å²) in [5.74, 6) is 2.33. The molecule has 0 unspecified atom stereocenters. The molecule has 0 aliphatic heterocycles. The van der Waals surface area contributed by atoms with Gasteiger partial charge in [0, 0.05) is 12.2 Å². The van der Waals surface area contributed by atoms with E-state index in [0.717, 1.165) is 17.9 Å². The number of hydrogen-bond donors (Lipinski definition) is 2. The molecule has 3 aromatic carbocycles. The Morgan fingerprint density at radius 1 is 0.806 bits per heavy atom. The highest BCUT2D eigenvalue weighted by Crippen LogP contribution is 2.24. The highest BCUT2D eigenvalue weighted by Gasteiger charge is 2.12. The zero-order valence-corrected chi connectivity index (χ0v) is 18.4. The van der Waals surface area contributed by atoms with Crippen LogP contribution < -0.4 is 20.1 Å². The number of ether oxygens (including phenoxy) is 2. The number of hydrogen-bond acceptors (Lipinski definition) is 3. The fourth-order valence-electron chi connectivity index (χ4n) is 2.92. The van der Waals surface area contributed by atoms with Gasteiger partial charge in [-0.3, -0.25) is 0 Å². The third-order valence-electron chi connectivity index (χ3n) is 4.69. The van der Waals surface area contributed by atoms with Gasteiger partial charge in [0.05, 0.1) is 6.61 Å². The van der Waals surface area contributed by atoms with Crippen molar-refractivity contribution in [3.63, 3.8) is 0 Å². The zero-order valence-electron chi connectivity index (χ0n) is 18.4. The SMILES string of the molecule is CC(C)(C)c1ccc(OCCCNC(=O)Nc2ccc(Oc3ccccc3)cc2)cc1. The lowest BCUT2D eigenvalue weighted by Crippen LogP contribution is -2.30. The second-order valence-electron chi connectivity index (χ2n) is 8.30. The molecular formula is C26H30N2O3. The molecule has 0 bridgehead atoms. The second kappa shape index (κ2) is 10.5. The number of nitrogens with one attached hydrogen (secondary N) is 2. The first kappa shape index (κ1) is 22.2. The smallest absolute Gasteiger partial charge is 0.319 e. The number of carbonyl (C=O) groups is 1. The van der Waals surface area contributed by atoms with E-state index >= 15 is 0 Å². The maximum Gasteiger partial charge on any atom is 0.319 e. The molecule has 3 rings (SSSR count). The van der Waals surface area contributed by atoms with Crippen LogP contribution in [0.1, 0.15) is 32.8 Å². The predicted octanol–water partition coefficient (Wildman–Crippen LogP) is 6.37. The Kier molecular flexibility index (Phi) is 7.55. The lowest BCUT2D eigenvalue weighted by atomic mass is 9.87. The van der Waals surface area contributed by atoms with E-state index in [1.165, 1.54) is 5.56 Å². The molecule has 0 aliphatic carbocycles. The molecule has 31 heavy (non-hydrogen) atoms. The average Bonchev–Trinajstić information content (AvgIpc) is 2.75. The van der Waals surface area contributed by atoms with E-state index in [1.807, 2.05) is 66.7 Å². The van der Waals surface area contributed by atoms with Crippen LogP contribution in [0, 0.1) is 0 Å². The van der Waals surface area contributed by atoms with Gasteiger partial charge in [0.25, 0.3) is 0 Å². The number of benzene rings is 3. The first-order valence-corrected chi connectivity index (χ1v) is 10.5. The first-order valence-electron chi connectivity index (χ1n) is 10.5. The molecule has 0 radical (unpaired) electrons. The van der Waals surface area contributed by atoms with Gasteiger partial charge in [-0.1, -0.05) is 51.1 Å². The Morgan fingerprint density at radius 2 is 1.42 bits per heavy atom. The minimum absolute atomic E-state index is 0.130. The lowest BCUT2D eigenvalue weighted by Gasteiger charge is -2.19. The van der Waals surface area contributed by atoms with E-state index in [0.29, 0.717) is 24.6 Å². The Balaban J connectivity index is 1.34. The molecule has 2 amide bonds. The Hall–Kier alpha value is -3.47. The van der Waals surface area contributed by atoms with Crippen LogP contribution in [0.3, 0.4) is 0 Å². The summed E-state index contributed by atoms with van der Waals surface area (Å²) in [7, 11) is 0. The van der Waals surface area contributed by atoms with E-state index in [4.69, 9.17) is 9.47 Å². The topological polar surface area (TPSA) is 59.6 Å². The summed E-state index contributed by atoms with van der Waals surface area (Å²) in [6.45, 7) is 7.63. The van der Waals surface area contributed by atoms with Crippen LogP contribution in [-0.2, 0) is 5.41 Å². The summed E-state index contributed by atoms with van der Waals surface area (Å²) >= 11 is 0. The summed E-state index contributed by atoms with van der Waals surface area (Å²) in [6.07, 6.45) is 0.721. The highest BCUT2D eigenvalue weighted by atomic mass is 16.5. The fraction of sp³-hybridized carbons (Fsp3) is 0.269. The molecule has 0 atom stereocenters. The molecular weight excluding hydrogens is 388 g/mol. The third kappa shape index (κ3) is 7.37. The van der Waals surface area contributed by atoms with Crippen LogP contribution in [0.5, 0.6) is 17.2 Å². The van der Waals surface area contributed by atoms with Crippen LogP contribution in [0.15, 0.2) is 78.9 Å². The molecule has 0 heterocycles. The minimum Gasteiger partial charge on any atom is -0.494 e. The van der Waals surface area contributed by atoms with Crippen molar-refractivity contribution in [3.8, 4) is 17.2 Å². The molecule has 2 N–H and O–H groups in total.